The van der Waals surface area contributed by atoms with Gasteiger partial charge in [0.2, 0.25) is 11.9 Å². The van der Waals surface area contributed by atoms with Gasteiger partial charge < -0.3 is 20.9 Å². The summed E-state index contributed by atoms with van der Waals surface area (Å²) in [6.45, 7) is 5.23. The SMILES string of the molecule is CC(C)(CC(N)=O)NC(=O)c1cn2c(n1)NCCC2. The third kappa shape index (κ3) is 3.24. The van der Waals surface area contributed by atoms with E-state index in [0.717, 1.165) is 19.5 Å². The number of fused-ring (bicyclic) bond motifs is 1. The van der Waals surface area contributed by atoms with E-state index in [9.17, 15) is 9.59 Å². The minimum absolute atomic E-state index is 0.0879. The first-order chi connectivity index (χ1) is 8.87. The maximum absolute atomic E-state index is 12.1. The minimum atomic E-state index is -0.680. The molecule has 1 aromatic heterocycles. The lowest BCUT2D eigenvalue weighted by Crippen LogP contribution is -2.46. The number of nitrogens with one attached hydrogen (secondary N) is 2. The number of nitrogens with zero attached hydrogens (tertiary/aromatic N) is 2. The summed E-state index contributed by atoms with van der Waals surface area (Å²) in [5.74, 6) is -0.0323. The summed E-state index contributed by atoms with van der Waals surface area (Å²) in [6.07, 6.45) is 2.82. The molecule has 104 valence electrons. The van der Waals surface area contributed by atoms with E-state index in [2.05, 4.69) is 15.6 Å². The first-order valence-corrected chi connectivity index (χ1v) is 6.29. The molecule has 2 heterocycles. The van der Waals surface area contributed by atoms with Crippen molar-refractivity contribution in [2.75, 3.05) is 11.9 Å². The smallest absolute Gasteiger partial charge is 0.271 e. The number of anilines is 1. The summed E-state index contributed by atoms with van der Waals surface area (Å²) in [6, 6.07) is 0. The Morgan fingerprint density at radius 1 is 1.58 bits per heavy atom. The second kappa shape index (κ2) is 4.91. The topological polar surface area (TPSA) is 102 Å². The van der Waals surface area contributed by atoms with Crippen LogP contribution in [0.15, 0.2) is 6.20 Å². The molecule has 0 radical (unpaired) electrons. The van der Waals surface area contributed by atoms with Crippen LogP contribution in [0, 0.1) is 0 Å². The third-order valence-corrected chi connectivity index (χ3v) is 2.94. The molecule has 1 aromatic rings. The van der Waals surface area contributed by atoms with Crippen molar-refractivity contribution in [2.45, 2.75) is 38.8 Å². The van der Waals surface area contributed by atoms with E-state index in [1.807, 2.05) is 4.57 Å². The predicted molar refractivity (Wildman–Crippen MR) is 70.7 cm³/mol. The molecule has 0 atom stereocenters. The number of amides is 2. The number of rotatable bonds is 4. The molecule has 2 rings (SSSR count). The van der Waals surface area contributed by atoms with Gasteiger partial charge in [0, 0.05) is 31.2 Å². The second-order valence-electron chi connectivity index (χ2n) is 5.40. The molecule has 0 aromatic carbocycles. The number of aromatic nitrogens is 2. The highest BCUT2D eigenvalue weighted by Crippen LogP contribution is 2.15. The van der Waals surface area contributed by atoms with Gasteiger partial charge in [-0.2, -0.15) is 0 Å². The number of aryl methyl sites for hydroxylation is 1. The summed E-state index contributed by atoms with van der Waals surface area (Å²) < 4.78 is 1.92. The Morgan fingerprint density at radius 2 is 2.32 bits per heavy atom. The van der Waals surface area contributed by atoms with Crippen molar-refractivity contribution in [2.24, 2.45) is 5.73 Å². The standard InChI is InChI=1S/C12H19N5O2/c1-12(2,6-9(13)18)16-10(19)8-7-17-5-3-4-14-11(17)15-8/h7H,3-6H2,1-2H3,(H2,13,18)(H,14,15)(H,16,19). The number of imidazole rings is 1. The normalized spacial score (nSPS) is 14.4. The maximum Gasteiger partial charge on any atom is 0.271 e. The lowest BCUT2D eigenvalue weighted by molar-refractivity contribution is -0.119. The molecular weight excluding hydrogens is 246 g/mol. The van der Waals surface area contributed by atoms with Gasteiger partial charge >= 0.3 is 0 Å². The molecule has 1 aliphatic rings. The van der Waals surface area contributed by atoms with Gasteiger partial charge in [-0.25, -0.2) is 4.98 Å². The fraction of sp³-hybridized carbons (Fsp3) is 0.583. The average Bonchev–Trinajstić information content (AvgIpc) is 2.69. The van der Waals surface area contributed by atoms with Crippen molar-refractivity contribution in [3.8, 4) is 0 Å². The zero-order chi connectivity index (χ0) is 14.0. The van der Waals surface area contributed by atoms with E-state index in [-0.39, 0.29) is 12.3 Å². The first-order valence-electron chi connectivity index (χ1n) is 6.29. The summed E-state index contributed by atoms with van der Waals surface area (Å²) in [5.41, 5.74) is 4.82. The van der Waals surface area contributed by atoms with Crippen molar-refractivity contribution in [1.82, 2.24) is 14.9 Å². The van der Waals surface area contributed by atoms with Gasteiger partial charge in [0.05, 0.1) is 0 Å². The van der Waals surface area contributed by atoms with E-state index >= 15 is 0 Å². The fourth-order valence-corrected chi connectivity index (χ4v) is 2.14. The van der Waals surface area contributed by atoms with Crippen LogP contribution in [0.1, 0.15) is 37.2 Å². The molecule has 0 fully saturated rings. The van der Waals surface area contributed by atoms with Crippen molar-refractivity contribution in [3.63, 3.8) is 0 Å². The molecule has 0 saturated carbocycles. The molecule has 19 heavy (non-hydrogen) atoms. The second-order valence-corrected chi connectivity index (χ2v) is 5.40. The summed E-state index contributed by atoms with van der Waals surface area (Å²) in [4.78, 5) is 27.3. The zero-order valence-electron chi connectivity index (χ0n) is 11.2. The van der Waals surface area contributed by atoms with Crippen molar-refractivity contribution in [1.29, 1.82) is 0 Å². The quantitative estimate of drug-likeness (QED) is 0.717. The molecule has 7 nitrogen and oxygen atoms in total. The predicted octanol–water partition coefficient (Wildman–Crippen LogP) is 0.0825. The van der Waals surface area contributed by atoms with Crippen LogP contribution in [0.5, 0.6) is 0 Å². The van der Waals surface area contributed by atoms with Gasteiger partial charge in [0.1, 0.15) is 5.69 Å². The summed E-state index contributed by atoms with van der Waals surface area (Å²) in [5, 5.41) is 5.90. The monoisotopic (exact) mass is 265 g/mol. The highest BCUT2D eigenvalue weighted by molar-refractivity contribution is 5.93. The Hall–Kier alpha value is -2.05. The van der Waals surface area contributed by atoms with Crippen LogP contribution in [0.3, 0.4) is 0 Å². The van der Waals surface area contributed by atoms with Crippen LogP contribution in [-0.2, 0) is 11.3 Å². The van der Waals surface area contributed by atoms with Crippen LogP contribution in [0.4, 0.5) is 5.95 Å². The number of hydrogen-bond donors (Lipinski definition) is 3. The van der Waals surface area contributed by atoms with Gasteiger partial charge in [-0.15, -0.1) is 0 Å². The largest absolute Gasteiger partial charge is 0.370 e. The lowest BCUT2D eigenvalue weighted by atomic mass is 10.0. The van der Waals surface area contributed by atoms with E-state index < -0.39 is 11.4 Å². The van der Waals surface area contributed by atoms with Gasteiger partial charge in [-0.3, -0.25) is 9.59 Å². The Balaban J connectivity index is 2.07. The van der Waals surface area contributed by atoms with Crippen LogP contribution in [-0.4, -0.2) is 33.4 Å². The minimum Gasteiger partial charge on any atom is -0.370 e. The molecule has 0 spiro atoms. The van der Waals surface area contributed by atoms with Crippen molar-refractivity contribution < 1.29 is 9.59 Å². The highest BCUT2D eigenvalue weighted by Gasteiger charge is 2.25. The van der Waals surface area contributed by atoms with Crippen LogP contribution < -0.4 is 16.4 Å². The average molecular weight is 265 g/mol. The van der Waals surface area contributed by atoms with E-state index in [1.165, 1.54) is 0 Å². The molecule has 1 aliphatic heterocycles. The van der Waals surface area contributed by atoms with Gasteiger partial charge in [0.15, 0.2) is 0 Å². The number of hydrogen-bond acceptors (Lipinski definition) is 4. The van der Waals surface area contributed by atoms with Gasteiger partial charge in [-0.1, -0.05) is 0 Å². The summed E-state index contributed by atoms with van der Waals surface area (Å²) >= 11 is 0. The van der Waals surface area contributed by atoms with Crippen LogP contribution >= 0.6 is 0 Å². The zero-order valence-corrected chi connectivity index (χ0v) is 11.2. The third-order valence-electron chi connectivity index (χ3n) is 2.94. The Bertz CT molecular complexity index is 483. The first kappa shape index (κ1) is 13.4. The molecule has 0 aliphatic carbocycles. The van der Waals surface area contributed by atoms with Crippen molar-refractivity contribution in [3.05, 3.63) is 11.9 Å². The van der Waals surface area contributed by atoms with Crippen molar-refractivity contribution >= 4 is 17.8 Å². The Kier molecular flexibility index (Phi) is 3.46. The molecule has 0 saturated heterocycles. The summed E-state index contributed by atoms with van der Waals surface area (Å²) in [7, 11) is 0. The molecular formula is C12H19N5O2. The Morgan fingerprint density at radius 3 is 2.95 bits per heavy atom. The Labute approximate surface area is 111 Å². The molecule has 7 heteroatoms. The van der Waals surface area contributed by atoms with E-state index in [4.69, 9.17) is 5.73 Å². The molecule has 0 bridgehead atoms. The molecule has 2 amide bonds. The van der Waals surface area contributed by atoms with E-state index in [0.29, 0.717) is 11.6 Å². The molecule has 0 unspecified atom stereocenters. The van der Waals surface area contributed by atoms with Gasteiger partial charge in [-0.05, 0) is 20.3 Å². The van der Waals surface area contributed by atoms with Gasteiger partial charge in [0.25, 0.3) is 5.91 Å². The molecule has 4 N–H and O–H groups in total. The lowest BCUT2D eigenvalue weighted by Gasteiger charge is -2.24. The number of primary amides is 1. The maximum atomic E-state index is 12.1. The fourth-order valence-electron chi connectivity index (χ4n) is 2.14. The number of carbonyl (C=O) groups excluding carboxylic acids is 2. The van der Waals surface area contributed by atoms with Crippen LogP contribution in [0.2, 0.25) is 0 Å². The number of carbonyl (C=O) groups is 2. The number of nitrogens with two attached hydrogens (primary N) is 1. The highest BCUT2D eigenvalue weighted by atomic mass is 16.2. The van der Waals surface area contributed by atoms with E-state index in [1.54, 1.807) is 20.0 Å². The van der Waals surface area contributed by atoms with Crippen LogP contribution in [0.25, 0.3) is 0 Å².